The Bertz CT molecular complexity index is 919. The lowest BCUT2D eigenvalue weighted by atomic mass is 10.1. The minimum atomic E-state index is -0.0330. The fourth-order valence-electron chi connectivity index (χ4n) is 2.66. The number of halogens is 1. The molecule has 0 saturated carbocycles. The second-order valence-electron chi connectivity index (χ2n) is 6.17. The third kappa shape index (κ3) is 5.99. The van der Waals surface area contributed by atoms with Gasteiger partial charge in [-0.25, -0.2) is 0 Å². The summed E-state index contributed by atoms with van der Waals surface area (Å²) in [6, 6.07) is 12.5. The maximum atomic E-state index is 12.2. The van der Waals surface area contributed by atoms with E-state index < -0.39 is 0 Å². The molecule has 0 amide bonds. The Hall–Kier alpha value is -3.05. The van der Waals surface area contributed by atoms with E-state index in [4.69, 9.17) is 9.47 Å². The highest BCUT2D eigenvalue weighted by molar-refractivity contribution is 5.95. The van der Waals surface area contributed by atoms with E-state index in [1.54, 1.807) is 24.3 Å². The number of methoxy groups -OCH3 is 1. The number of phenolic OH excluding ortho intramolecular Hbond substituents is 1. The van der Waals surface area contributed by atoms with Crippen LogP contribution in [-0.4, -0.2) is 30.8 Å². The predicted octanol–water partition coefficient (Wildman–Crippen LogP) is 4.38. The number of aliphatic imine (C=N–C) groups is 1. The van der Waals surface area contributed by atoms with Gasteiger partial charge in [0, 0.05) is 25.3 Å². The van der Waals surface area contributed by atoms with Crippen molar-refractivity contribution in [2.75, 3.05) is 13.7 Å². The van der Waals surface area contributed by atoms with Gasteiger partial charge in [-0.1, -0.05) is 24.3 Å². The fraction of sp³-hybridized carbons (Fsp3) is 0.182. The topological polar surface area (TPSA) is 68.1 Å². The molecule has 0 atom stereocenters. The minimum absolute atomic E-state index is 0. The molecule has 0 spiro atoms. The van der Waals surface area contributed by atoms with Crippen molar-refractivity contribution in [2.24, 2.45) is 4.99 Å². The number of nitrogens with zero attached hydrogens (tertiary/aromatic N) is 1. The van der Waals surface area contributed by atoms with Crippen LogP contribution in [0.15, 0.2) is 65.3 Å². The first kappa shape index (κ1) is 21.3. The second kappa shape index (κ2) is 10.3. The van der Waals surface area contributed by atoms with Gasteiger partial charge in [0.05, 0.1) is 7.11 Å². The Morgan fingerprint density at radius 2 is 2.11 bits per heavy atom. The maximum Gasteiger partial charge on any atom is 0.160 e. The first-order valence-electron chi connectivity index (χ1n) is 8.63. The normalized spacial score (nSPS) is 12.5. The van der Waals surface area contributed by atoms with Gasteiger partial charge < -0.3 is 14.6 Å². The summed E-state index contributed by atoms with van der Waals surface area (Å²) in [7, 11) is 1.49. The first-order chi connectivity index (χ1) is 13.1. The molecule has 2 aromatic rings. The molecule has 0 bridgehead atoms. The number of carbonyl (C=O) groups excluding carboxylic acids is 1. The molecule has 0 unspecified atom stereocenters. The highest BCUT2D eigenvalue weighted by Gasteiger charge is 2.05. The largest absolute Gasteiger partial charge is 0.504 e. The Kier molecular flexibility index (Phi) is 7.84. The molecule has 1 heterocycles. The molecule has 3 rings (SSSR count). The number of rotatable bonds is 8. The molecule has 1 N–H and O–H groups in total. The van der Waals surface area contributed by atoms with Gasteiger partial charge in [-0.3, -0.25) is 9.79 Å². The molecular weight excluding hydrogens is 378 g/mol. The van der Waals surface area contributed by atoms with Gasteiger partial charge >= 0.3 is 0 Å². The minimum Gasteiger partial charge on any atom is -0.504 e. The van der Waals surface area contributed by atoms with Crippen LogP contribution in [0, 0.1) is 0 Å². The third-order valence-electron chi connectivity index (χ3n) is 4.08. The van der Waals surface area contributed by atoms with Gasteiger partial charge in [0.15, 0.2) is 17.3 Å². The molecule has 2 aromatic carbocycles. The summed E-state index contributed by atoms with van der Waals surface area (Å²) in [4.78, 5) is 16.3. The Morgan fingerprint density at radius 3 is 2.82 bits per heavy atom. The fourth-order valence-corrected chi connectivity index (χ4v) is 2.66. The summed E-state index contributed by atoms with van der Waals surface area (Å²) in [6.45, 7) is 0.498. The first-order valence-corrected chi connectivity index (χ1v) is 8.63. The van der Waals surface area contributed by atoms with Crippen molar-refractivity contribution in [3.05, 3.63) is 71.4 Å². The standard InChI is InChI=1S/C22H21NO4.ClH/c1-26-22-8-6-16(13-21(22)25)5-7-19(24)11-17-3-2-4-20(12-17)27-15-18-9-10-23-14-18;/h2-8,10,12-14,25H,9,11,15H2,1H3;1H/b7-5+;. The average molecular weight is 400 g/mol. The molecule has 0 radical (unpaired) electrons. The van der Waals surface area contributed by atoms with Gasteiger partial charge in [-0.2, -0.15) is 0 Å². The van der Waals surface area contributed by atoms with E-state index >= 15 is 0 Å². The number of hydrogen-bond donors (Lipinski definition) is 1. The predicted molar refractivity (Wildman–Crippen MR) is 113 cm³/mol. The quantitative estimate of drug-likeness (QED) is 0.668. The third-order valence-corrected chi connectivity index (χ3v) is 4.08. The molecule has 0 aromatic heterocycles. The van der Waals surface area contributed by atoms with Gasteiger partial charge in [0.25, 0.3) is 0 Å². The van der Waals surface area contributed by atoms with Crippen LogP contribution in [0.1, 0.15) is 17.5 Å². The second-order valence-corrected chi connectivity index (χ2v) is 6.17. The summed E-state index contributed by atoms with van der Waals surface area (Å²) in [5.41, 5.74) is 2.74. The smallest absolute Gasteiger partial charge is 0.160 e. The van der Waals surface area contributed by atoms with Crippen LogP contribution in [-0.2, 0) is 11.2 Å². The van der Waals surface area contributed by atoms with E-state index in [-0.39, 0.29) is 30.4 Å². The lowest BCUT2D eigenvalue weighted by Gasteiger charge is -2.07. The number of allylic oxidation sites excluding steroid dienone is 1. The summed E-state index contributed by atoms with van der Waals surface area (Å²) >= 11 is 0. The summed E-state index contributed by atoms with van der Waals surface area (Å²) in [6.07, 6.45) is 7.95. The maximum absolute atomic E-state index is 12.2. The van der Waals surface area contributed by atoms with Gasteiger partial charge in [0.1, 0.15) is 12.4 Å². The van der Waals surface area contributed by atoms with Crippen LogP contribution in [0.4, 0.5) is 0 Å². The van der Waals surface area contributed by atoms with E-state index in [1.807, 2.05) is 36.7 Å². The molecule has 0 saturated heterocycles. The number of aromatic hydroxyl groups is 1. The van der Waals surface area contributed by atoms with Crippen molar-refractivity contribution >= 4 is 30.5 Å². The zero-order valence-corrected chi connectivity index (χ0v) is 16.3. The van der Waals surface area contributed by atoms with Crippen LogP contribution < -0.4 is 9.47 Å². The van der Waals surface area contributed by atoms with Gasteiger partial charge in [0.2, 0.25) is 0 Å². The summed E-state index contributed by atoms with van der Waals surface area (Å²) < 4.78 is 10.8. The van der Waals surface area contributed by atoms with Crippen LogP contribution >= 0.6 is 12.4 Å². The van der Waals surface area contributed by atoms with Crippen molar-refractivity contribution in [1.82, 2.24) is 0 Å². The van der Waals surface area contributed by atoms with Crippen molar-refractivity contribution in [3.8, 4) is 17.2 Å². The van der Waals surface area contributed by atoms with Crippen LogP contribution in [0.2, 0.25) is 0 Å². The van der Waals surface area contributed by atoms with Crippen molar-refractivity contribution in [1.29, 1.82) is 0 Å². The monoisotopic (exact) mass is 399 g/mol. The van der Waals surface area contributed by atoms with Crippen LogP contribution in [0.25, 0.3) is 6.08 Å². The molecule has 0 fully saturated rings. The number of ketones is 1. The van der Waals surface area contributed by atoms with Crippen LogP contribution in [0.5, 0.6) is 17.2 Å². The zero-order valence-electron chi connectivity index (χ0n) is 15.5. The lowest BCUT2D eigenvalue weighted by Crippen LogP contribution is -2.02. The van der Waals surface area contributed by atoms with E-state index in [9.17, 15) is 9.90 Å². The van der Waals surface area contributed by atoms with Crippen molar-refractivity contribution < 1.29 is 19.4 Å². The molecule has 1 aliphatic rings. The van der Waals surface area contributed by atoms with E-state index in [0.29, 0.717) is 12.4 Å². The van der Waals surface area contributed by atoms with E-state index in [1.165, 1.54) is 13.2 Å². The summed E-state index contributed by atoms with van der Waals surface area (Å²) in [5.74, 6) is 1.14. The van der Waals surface area contributed by atoms with E-state index in [2.05, 4.69) is 4.99 Å². The number of phenols is 1. The highest BCUT2D eigenvalue weighted by Crippen LogP contribution is 2.26. The Balaban J connectivity index is 0.00000280. The molecule has 1 aliphatic heterocycles. The molecule has 146 valence electrons. The van der Waals surface area contributed by atoms with Crippen molar-refractivity contribution in [3.63, 3.8) is 0 Å². The molecule has 6 heteroatoms. The number of carbonyl (C=O) groups is 1. The summed E-state index contributed by atoms with van der Waals surface area (Å²) in [5, 5.41) is 9.78. The van der Waals surface area contributed by atoms with Crippen LogP contribution in [0.3, 0.4) is 0 Å². The number of hydrogen-bond acceptors (Lipinski definition) is 5. The van der Waals surface area contributed by atoms with Gasteiger partial charge in [-0.05, 0) is 47.0 Å². The zero-order chi connectivity index (χ0) is 19.1. The SMILES string of the molecule is COc1ccc(/C=C/C(=O)Cc2cccc(OCC3=CN=CC3)c2)cc1O.Cl. The molecule has 28 heavy (non-hydrogen) atoms. The molecular formula is C22H22ClNO4. The van der Waals surface area contributed by atoms with Gasteiger partial charge in [-0.15, -0.1) is 12.4 Å². The Labute approximate surface area is 170 Å². The lowest BCUT2D eigenvalue weighted by molar-refractivity contribution is -0.113. The Morgan fingerprint density at radius 1 is 1.25 bits per heavy atom. The molecule has 5 nitrogen and oxygen atoms in total. The van der Waals surface area contributed by atoms with E-state index in [0.717, 1.165) is 28.9 Å². The number of ether oxygens (including phenoxy) is 2. The molecule has 0 aliphatic carbocycles. The average Bonchev–Trinajstić information content (AvgIpc) is 3.19. The number of benzene rings is 2. The highest BCUT2D eigenvalue weighted by atomic mass is 35.5. The van der Waals surface area contributed by atoms with Crippen molar-refractivity contribution in [2.45, 2.75) is 12.8 Å².